The number of carbonyl (C=O) groups excluding carboxylic acids is 2. The minimum atomic E-state index is -0.520. The lowest BCUT2D eigenvalue weighted by Crippen LogP contribution is -2.20. The van der Waals surface area contributed by atoms with Crippen molar-refractivity contribution < 1.29 is 9.59 Å². The lowest BCUT2D eigenvalue weighted by atomic mass is 10.1. The number of anilines is 1. The van der Waals surface area contributed by atoms with Crippen LogP contribution in [0.15, 0.2) is 53.5 Å². The van der Waals surface area contributed by atoms with Gasteiger partial charge in [0.1, 0.15) is 6.54 Å². The molecule has 3 N–H and O–H groups in total. The van der Waals surface area contributed by atoms with Gasteiger partial charge in [-0.2, -0.15) is 0 Å². The van der Waals surface area contributed by atoms with Gasteiger partial charge in [0.15, 0.2) is 5.43 Å². The fourth-order valence-corrected chi connectivity index (χ4v) is 3.02. The quantitative estimate of drug-likeness (QED) is 0.757. The monoisotopic (exact) mass is 349 g/mol. The van der Waals surface area contributed by atoms with E-state index in [1.54, 1.807) is 35.0 Å². The van der Waals surface area contributed by atoms with Gasteiger partial charge in [-0.25, -0.2) is 0 Å². The summed E-state index contributed by atoms with van der Waals surface area (Å²) in [6, 6.07) is 11.7. The molecule has 0 saturated heterocycles. The van der Waals surface area contributed by atoms with Crippen molar-refractivity contribution in [3.8, 4) is 0 Å². The molecule has 0 unspecified atom stereocenters. The van der Waals surface area contributed by atoms with Crippen molar-refractivity contribution in [1.82, 2.24) is 4.57 Å². The van der Waals surface area contributed by atoms with Crippen molar-refractivity contribution >= 4 is 28.4 Å². The highest BCUT2D eigenvalue weighted by Gasteiger charge is 2.10. The Balaban J connectivity index is 1.87. The molecular weight excluding hydrogens is 330 g/mol. The fraction of sp³-hybridized carbons (Fsp3) is 0.150. The molecule has 2 aromatic carbocycles. The van der Waals surface area contributed by atoms with Gasteiger partial charge in [-0.3, -0.25) is 14.4 Å². The highest BCUT2D eigenvalue weighted by molar-refractivity contribution is 5.95. The minimum Gasteiger partial charge on any atom is -0.366 e. The fourth-order valence-electron chi connectivity index (χ4n) is 3.02. The summed E-state index contributed by atoms with van der Waals surface area (Å²) in [6.07, 6.45) is 1.62. The van der Waals surface area contributed by atoms with E-state index in [1.807, 2.05) is 26.0 Å². The summed E-state index contributed by atoms with van der Waals surface area (Å²) >= 11 is 0. The number of benzene rings is 2. The number of nitrogens with one attached hydrogen (secondary N) is 1. The number of amides is 2. The maximum Gasteiger partial charge on any atom is 0.248 e. The van der Waals surface area contributed by atoms with Crippen molar-refractivity contribution in [2.24, 2.45) is 5.73 Å². The minimum absolute atomic E-state index is 0.0591. The van der Waals surface area contributed by atoms with Crippen LogP contribution in [0.4, 0.5) is 5.69 Å². The highest BCUT2D eigenvalue weighted by atomic mass is 16.2. The Morgan fingerprint density at radius 2 is 1.77 bits per heavy atom. The molecule has 3 aromatic rings. The average Bonchev–Trinajstić information content (AvgIpc) is 2.57. The maximum atomic E-state index is 12.4. The van der Waals surface area contributed by atoms with E-state index in [0.717, 1.165) is 16.6 Å². The summed E-state index contributed by atoms with van der Waals surface area (Å²) in [4.78, 5) is 35.7. The molecule has 0 spiro atoms. The number of nitrogens with zero attached hydrogens (tertiary/aromatic N) is 1. The summed E-state index contributed by atoms with van der Waals surface area (Å²) in [6.45, 7) is 3.91. The van der Waals surface area contributed by atoms with E-state index in [4.69, 9.17) is 5.73 Å². The van der Waals surface area contributed by atoms with Gasteiger partial charge in [0, 0.05) is 28.9 Å². The number of rotatable bonds is 4. The smallest absolute Gasteiger partial charge is 0.248 e. The lowest BCUT2D eigenvalue weighted by molar-refractivity contribution is -0.116. The molecule has 0 aliphatic rings. The molecule has 6 nitrogen and oxygen atoms in total. The predicted octanol–water partition coefficient (Wildman–Crippen LogP) is 2.36. The summed E-state index contributed by atoms with van der Waals surface area (Å²) in [5.74, 6) is -0.755. The van der Waals surface area contributed by atoms with Crippen LogP contribution in [0.2, 0.25) is 0 Å². The SMILES string of the molecule is Cc1cc(C)c2c(=O)ccn(CC(=O)Nc3ccc(C(N)=O)cc3)c2c1. The molecule has 1 heterocycles. The van der Waals surface area contributed by atoms with E-state index in [2.05, 4.69) is 5.32 Å². The Morgan fingerprint density at radius 1 is 1.08 bits per heavy atom. The third-order valence-corrected chi connectivity index (χ3v) is 4.19. The second kappa shape index (κ2) is 6.84. The van der Waals surface area contributed by atoms with Gasteiger partial charge in [-0.15, -0.1) is 0 Å². The topological polar surface area (TPSA) is 94.2 Å². The first-order valence-corrected chi connectivity index (χ1v) is 8.15. The molecule has 0 bridgehead atoms. The van der Waals surface area contributed by atoms with Gasteiger partial charge >= 0.3 is 0 Å². The molecule has 3 rings (SSSR count). The number of primary amides is 1. The van der Waals surface area contributed by atoms with E-state index in [1.165, 1.54) is 6.07 Å². The highest BCUT2D eigenvalue weighted by Crippen LogP contribution is 2.18. The maximum absolute atomic E-state index is 12.4. The van der Waals surface area contributed by atoms with Crippen LogP contribution in [0.1, 0.15) is 21.5 Å². The molecule has 0 atom stereocenters. The first-order chi connectivity index (χ1) is 12.3. The van der Waals surface area contributed by atoms with E-state index in [9.17, 15) is 14.4 Å². The third-order valence-electron chi connectivity index (χ3n) is 4.19. The summed E-state index contributed by atoms with van der Waals surface area (Å²) in [5.41, 5.74) is 8.73. The zero-order valence-corrected chi connectivity index (χ0v) is 14.6. The van der Waals surface area contributed by atoms with Gasteiger partial charge in [0.2, 0.25) is 11.8 Å². The van der Waals surface area contributed by atoms with E-state index in [0.29, 0.717) is 16.6 Å². The summed E-state index contributed by atoms with van der Waals surface area (Å²) < 4.78 is 1.75. The van der Waals surface area contributed by atoms with Crippen LogP contribution in [-0.2, 0) is 11.3 Å². The Kier molecular flexibility index (Phi) is 4.58. The molecule has 6 heteroatoms. The lowest BCUT2D eigenvalue weighted by Gasteiger charge is -2.13. The van der Waals surface area contributed by atoms with Gasteiger partial charge in [-0.05, 0) is 55.3 Å². The van der Waals surface area contributed by atoms with Crippen LogP contribution >= 0.6 is 0 Å². The molecule has 2 amide bonds. The number of fused-ring (bicyclic) bond motifs is 1. The van der Waals surface area contributed by atoms with Crippen molar-refractivity contribution in [2.75, 3.05) is 5.32 Å². The van der Waals surface area contributed by atoms with Gasteiger partial charge in [0.25, 0.3) is 0 Å². The summed E-state index contributed by atoms with van der Waals surface area (Å²) in [5, 5.41) is 3.40. The number of aromatic nitrogens is 1. The standard InChI is InChI=1S/C20H19N3O3/c1-12-9-13(2)19-16(10-12)23(8-7-17(19)24)11-18(25)22-15-5-3-14(4-6-15)20(21)26/h3-10H,11H2,1-2H3,(H2,21,26)(H,22,25). The Bertz CT molecular complexity index is 1070. The van der Waals surface area contributed by atoms with Crippen LogP contribution in [0.25, 0.3) is 10.9 Å². The van der Waals surface area contributed by atoms with Crippen molar-refractivity contribution in [3.05, 3.63) is 75.6 Å². The molecule has 26 heavy (non-hydrogen) atoms. The average molecular weight is 349 g/mol. The van der Waals surface area contributed by atoms with Crippen LogP contribution in [0.5, 0.6) is 0 Å². The predicted molar refractivity (Wildman–Crippen MR) is 101 cm³/mol. The summed E-state index contributed by atoms with van der Waals surface area (Å²) in [7, 11) is 0. The van der Waals surface area contributed by atoms with Gasteiger partial charge in [-0.1, -0.05) is 6.07 Å². The number of hydrogen-bond donors (Lipinski definition) is 2. The molecule has 0 aliphatic carbocycles. The second-order valence-electron chi connectivity index (χ2n) is 6.27. The molecule has 0 radical (unpaired) electrons. The zero-order chi connectivity index (χ0) is 18.8. The molecular formula is C20H19N3O3. The largest absolute Gasteiger partial charge is 0.366 e. The molecule has 1 aromatic heterocycles. The van der Waals surface area contributed by atoms with E-state index >= 15 is 0 Å². The number of pyridine rings is 1. The Hall–Kier alpha value is -3.41. The zero-order valence-electron chi connectivity index (χ0n) is 14.6. The van der Waals surface area contributed by atoms with Crippen LogP contribution in [-0.4, -0.2) is 16.4 Å². The third kappa shape index (κ3) is 3.49. The number of carbonyl (C=O) groups is 2. The molecule has 132 valence electrons. The van der Waals surface area contributed by atoms with E-state index < -0.39 is 5.91 Å². The first kappa shape index (κ1) is 17.4. The molecule has 0 saturated carbocycles. The number of aryl methyl sites for hydroxylation is 2. The first-order valence-electron chi connectivity index (χ1n) is 8.15. The van der Waals surface area contributed by atoms with Gasteiger partial charge in [0.05, 0.1) is 5.52 Å². The second-order valence-corrected chi connectivity index (χ2v) is 6.27. The number of hydrogen-bond acceptors (Lipinski definition) is 3. The Morgan fingerprint density at radius 3 is 2.42 bits per heavy atom. The van der Waals surface area contributed by atoms with Gasteiger partial charge < -0.3 is 15.6 Å². The molecule has 0 fully saturated rings. The van der Waals surface area contributed by atoms with Crippen LogP contribution in [0.3, 0.4) is 0 Å². The van der Waals surface area contributed by atoms with E-state index in [-0.39, 0.29) is 17.9 Å². The van der Waals surface area contributed by atoms with Crippen LogP contribution < -0.4 is 16.5 Å². The Labute approximate surface area is 150 Å². The van der Waals surface area contributed by atoms with Crippen molar-refractivity contribution in [3.63, 3.8) is 0 Å². The van der Waals surface area contributed by atoms with Crippen molar-refractivity contribution in [1.29, 1.82) is 0 Å². The molecule has 0 aliphatic heterocycles. The number of nitrogens with two attached hydrogens (primary N) is 1. The van der Waals surface area contributed by atoms with Crippen molar-refractivity contribution in [2.45, 2.75) is 20.4 Å². The van der Waals surface area contributed by atoms with Crippen LogP contribution in [0, 0.1) is 13.8 Å². The normalized spacial score (nSPS) is 10.7.